The predicted octanol–water partition coefficient (Wildman–Crippen LogP) is 2.53. The number of hydrogen-bond acceptors (Lipinski definition) is 5. The fourth-order valence-electron chi connectivity index (χ4n) is 2.58. The molecule has 0 bridgehead atoms. The fourth-order valence-corrected chi connectivity index (χ4v) is 3.92. The summed E-state index contributed by atoms with van der Waals surface area (Å²) in [5.74, 6) is 0.719. The second-order valence-electron chi connectivity index (χ2n) is 5.55. The lowest BCUT2D eigenvalue weighted by atomic mass is 10.1. The number of rotatable bonds is 3. The van der Waals surface area contributed by atoms with Gasteiger partial charge < -0.3 is 4.90 Å². The average Bonchev–Trinajstić information content (AvgIpc) is 2.54. The molecule has 0 saturated carbocycles. The van der Waals surface area contributed by atoms with Gasteiger partial charge in [-0.3, -0.25) is 0 Å². The molecule has 1 aliphatic heterocycles. The molecule has 1 aliphatic rings. The van der Waals surface area contributed by atoms with Gasteiger partial charge in [0.05, 0.1) is 17.0 Å². The van der Waals surface area contributed by atoms with Crippen LogP contribution in [0.1, 0.15) is 0 Å². The van der Waals surface area contributed by atoms with Crippen LogP contribution < -0.4 is 4.90 Å². The summed E-state index contributed by atoms with van der Waals surface area (Å²) in [6.07, 6.45) is 1.23. The molecule has 0 amide bonds. The lowest BCUT2D eigenvalue weighted by Gasteiger charge is -2.33. The number of hydrogen-bond donors (Lipinski definition) is 0. The van der Waals surface area contributed by atoms with Crippen LogP contribution in [0.15, 0.2) is 30.3 Å². The molecule has 0 radical (unpaired) electrons. The Morgan fingerprint density at radius 2 is 1.71 bits per heavy atom. The van der Waals surface area contributed by atoms with Gasteiger partial charge in [-0.05, 0) is 30.3 Å². The van der Waals surface area contributed by atoms with Gasteiger partial charge in [-0.25, -0.2) is 8.42 Å². The number of halogens is 2. The summed E-state index contributed by atoms with van der Waals surface area (Å²) in [5, 5.41) is 9.56. The van der Waals surface area contributed by atoms with Gasteiger partial charge in [-0.2, -0.15) is 4.31 Å². The molecule has 1 aromatic heterocycles. The maximum Gasteiger partial charge on any atom is 0.211 e. The highest BCUT2D eigenvalue weighted by molar-refractivity contribution is 7.88. The van der Waals surface area contributed by atoms with E-state index in [4.69, 9.17) is 23.2 Å². The zero-order valence-electron chi connectivity index (χ0n) is 13.0. The molecule has 128 valence electrons. The van der Waals surface area contributed by atoms with Crippen molar-refractivity contribution in [2.24, 2.45) is 0 Å². The summed E-state index contributed by atoms with van der Waals surface area (Å²) < 4.78 is 24.6. The van der Waals surface area contributed by atoms with Crippen molar-refractivity contribution in [1.82, 2.24) is 14.5 Å². The third kappa shape index (κ3) is 3.80. The standard InChI is InChI=1S/C15H16Cl2N4O2S/c1-24(22,23)21-8-6-20(7-9-21)15-5-4-14(18-19-15)12-3-2-11(16)10-13(12)17/h2-5,10H,6-9H2,1H3. The van der Waals surface area contributed by atoms with Gasteiger partial charge in [0.2, 0.25) is 10.0 Å². The Morgan fingerprint density at radius 1 is 1.00 bits per heavy atom. The lowest BCUT2D eigenvalue weighted by Crippen LogP contribution is -2.48. The first-order chi connectivity index (χ1) is 11.3. The van der Waals surface area contributed by atoms with Gasteiger partial charge in [0.15, 0.2) is 5.82 Å². The van der Waals surface area contributed by atoms with Crippen LogP contribution in [0.25, 0.3) is 11.3 Å². The van der Waals surface area contributed by atoms with Crippen molar-refractivity contribution in [3.05, 3.63) is 40.4 Å². The topological polar surface area (TPSA) is 66.4 Å². The number of aromatic nitrogens is 2. The molecule has 3 rings (SSSR count). The molecule has 2 heterocycles. The van der Waals surface area contributed by atoms with Gasteiger partial charge in [0.1, 0.15) is 0 Å². The molecule has 2 aromatic rings. The van der Waals surface area contributed by atoms with Crippen LogP contribution in [0.5, 0.6) is 0 Å². The summed E-state index contributed by atoms with van der Waals surface area (Å²) in [4.78, 5) is 2.02. The van der Waals surface area contributed by atoms with Crippen molar-refractivity contribution in [2.75, 3.05) is 37.3 Å². The Balaban J connectivity index is 1.74. The number of anilines is 1. The van der Waals surface area contributed by atoms with Crippen molar-refractivity contribution >= 4 is 39.0 Å². The lowest BCUT2D eigenvalue weighted by molar-refractivity contribution is 0.386. The van der Waals surface area contributed by atoms with Crippen LogP contribution in [-0.2, 0) is 10.0 Å². The minimum atomic E-state index is -3.14. The minimum Gasteiger partial charge on any atom is -0.352 e. The first kappa shape index (κ1) is 17.4. The van der Waals surface area contributed by atoms with E-state index in [1.54, 1.807) is 18.2 Å². The van der Waals surface area contributed by atoms with Crippen LogP contribution in [0.4, 0.5) is 5.82 Å². The number of sulfonamides is 1. The van der Waals surface area contributed by atoms with Gasteiger partial charge in [-0.15, -0.1) is 10.2 Å². The van der Waals surface area contributed by atoms with E-state index < -0.39 is 10.0 Å². The largest absolute Gasteiger partial charge is 0.352 e. The summed E-state index contributed by atoms with van der Waals surface area (Å²) in [5.41, 5.74) is 1.43. The Kier molecular flexibility index (Phi) is 4.96. The fraction of sp³-hybridized carbons (Fsp3) is 0.333. The third-order valence-corrected chi connectivity index (χ3v) is 5.74. The van der Waals surface area contributed by atoms with Crippen LogP contribution in [-0.4, -0.2) is 55.4 Å². The number of piperazine rings is 1. The zero-order valence-corrected chi connectivity index (χ0v) is 15.3. The maximum absolute atomic E-state index is 11.5. The van der Waals surface area contributed by atoms with E-state index in [9.17, 15) is 8.42 Å². The van der Waals surface area contributed by atoms with E-state index in [1.807, 2.05) is 17.0 Å². The maximum atomic E-state index is 11.5. The number of benzene rings is 1. The Bertz CT molecular complexity index is 835. The first-order valence-corrected chi connectivity index (χ1v) is 9.94. The van der Waals surface area contributed by atoms with E-state index in [2.05, 4.69) is 10.2 Å². The summed E-state index contributed by atoms with van der Waals surface area (Å²) in [6.45, 7) is 2.07. The molecule has 0 N–H and O–H groups in total. The molecule has 0 spiro atoms. The molecule has 0 unspecified atom stereocenters. The molecule has 1 fully saturated rings. The third-order valence-electron chi connectivity index (χ3n) is 3.89. The summed E-state index contributed by atoms with van der Waals surface area (Å²) in [7, 11) is -3.14. The summed E-state index contributed by atoms with van der Waals surface area (Å²) in [6, 6.07) is 8.93. The first-order valence-electron chi connectivity index (χ1n) is 7.34. The van der Waals surface area contributed by atoms with Gasteiger partial charge in [-0.1, -0.05) is 23.2 Å². The van der Waals surface area contributed by atoms with Gasteiger partial charge in [0, 0.05) is 36.8 Å². The SMILES string of the molecule is CS(=O)(=O)N1CCN(c2ccc(-c3ccc(Cl)cc3Cl)nn2)CC1. The number of nitrogens with zero attached hydrogens (tertiary/aromatic N) is 4. The molecular formula is C15H16Cl2N4O2S. The van der Waals surface area contributed by atoms with E-state index in [0.29, 0.717) is 41.9 Å². The van der Waals surface area contributed by atoms with Crippen LogP contribution in [0.3, 0.4) is 0 Å². The van der Waals surface area contributed by atoms with Crippen LogP contribution >= 0.6 is 23.2 Å². The molecular weight excluding hydrogens is 371 g/mol. The highest BCUT2D eigenvalue weighted by Gasteiger charge is 2.24. The zero-order chi connectivity index (χ0) is 17.3. The second kappa shape index (κ2) is 6.84. The van der Waals surface area contributed by atoms with E-state index in [1.165, 1.54) is 10.6 Å². The molecule has 0 aliphatic carbocycles. The van der Waals surface area contributed by atoms with Gasteiger partial charge >= 0.3 is 0 Å². The molecule has 9 heteroatoms. The van der Waals surface area contributed by atoms with Crippen molar-refractivity contribution in [1.29, 1.82) is 0 Å². The molecule has 6 nitrogen and oxygen atoms in total. The van der Waals surface area contributed by atoms with E-state index in [-0.39, 0.29) is 0 Å². The molecule has 1 saturated heterocycles. The Labute approximate surface area is 151 Å². The highest BCUT2D eigenvalue weighted by Crippen LogP contribution is 2.29. The Morgan fingerprint density at radius 3 is 2.25 bits per heavy atom. The highest BCUT2D eigenvalue weighted by atomic mass is 35.5. The molecule has 24 heavy (non-hydrogen) atoms. The predicted molar refractivity (Wildman–Crippen MR) is 96.1 cm³/mol. The minimum absolute atomic E-state index is 0.450. The second-order valence-corrected chi connectivity index (χ2v) is 8.38. The van der Waals surface area contributed by atoms with Crippen molar-refractivity contribution in [2.45, 2.75) is 0 Å². The quantitative estimate of drug-likeness (QED) is 0.810. The average molecular weight is 387 g/mol. The smallest absolute Gasteiger partial charge is 0.211 e. The molecule has 1 aromatic carbocycles. The van der Waals surface area contributed by atoms with Crippen LogP contribution in [0.2, 0.25) is 10.0 Å². The van der Waals surface area contributed by atoms with Crippen molar-refractivity contribution in [3.63, 3.8) is 0 Å². The Hall–Kier alpha value is -1.41. The monoisotopic (exact) mass is 386 g/mol. The van der Waals surface area contributed by atoms with Crippen molar-refractivity contribution in [3.8, 4) is 11.3 Å². The van der Waals surface area contributed by atoms with E-state index in [0.717, 1.165) is 11.4 Å². The normalized spacial score (nSPS) is 16.4. The van der Waals surface area contributed by atoms with Crippen LogP contribution in [0, 0.1) is 0 Å². The van der Waals surface area contributed by atoms with Gasteiger partial charge in [0.25, 0.3) is 0 Å². The van der Waals surface area contributed by atoms with Crippen molar-refractivity contribution < 1.29 is 8.42 Å². The summed E-state index contributed by atoms with van der Waals surface area (Å²) >= 11 is 12.1. The molecule has 0 atom stereocenters. The van der Waals surface area contributed by atoms with E-state index >= 15 is 0 Å².